The summed E-state index contributed by atoms with van der Waals surface area (Å²) in [5.41, 5.74) is 1.20. The number of piperazine rings is 1. The molecule has 0 N–H and O–H groups in total. The minimum atomic E-state index is -1.08. The number of nitrogens with zero attached hydrogens (tertiary/aromatic N) is 6. The van der Waals surface area contributed by atoms with Gasteiger partial charge in [-0.25, -0.2) is 14.2 Å². The van der Waals surface area contributed by atoms with Crippen LogP contribution in [-0.2, 0) is 17.8 Å². The van der Waals surface area contributed by atoms with E-state index >= 15 is 8.78 Å². The van der Waals surface area contributed by atoms with Crippen molar-refractivity contribution in [1.29, 1.82) is 0 Å². The number of hydrogen-bond donors (Lipinski definition) is 0. The molecule has 2 aliphatic heterocycles. The maximum Gasteiger partial charge on any atom is 0.410 e. The highest BCUT2D eigenvalue weighted by Crippen LogP contribution is 2.44. The summed E-state index contributed by atoms with van der Waals surface area (Å²) in [5, 5.41) is 0.629. The van der Waals surface area contributed by atoms with Crippen molar-refractivity contribution in [1.82, 2.24) is 19.9 Å². The Morgan fingerprint density at radius 2 is 1.44 bits per heavy atom. The minimum Gasteiger partial charge on any atom is -0.497 e. The molecule has 5 aromatic rings. The molecule has 55 heavy (non-hydrogen) atoms. The summed E-state index contributed by atoms with van der Waals surface area (Å²) in [4.78, 5) is 31.7. The number of ether oxygens (including phenoxy) is 3. The molecular weight excluding hydrogens is 864 g/mol. The molecule has 2 bridgehead atoms. The second-order valence-corrected chi connectivity index (χ2v) is 16.5. The number of hydrogen-bond acceptors (Lipinski definition) is 9. The molecule has 0 radical (unpaired) electrons. The molecule has 0 spiro atoms. The van der Waals surface area contributed by atoms with Crippen LogP contribution in [0.15, 0.2) is 60.7 Å². The van der Waals surface area contributed by atoms with Crippen molar-refractivity contribution in [3.63, 3.8) is 0 Å². The van der Waals surface area contributed by atoms with Gasteiger partial charge in [0.05, 0.1) is 39.1 Å². The van der Waals surface area contributed by atoms with Crippen LogP contribution >= 0.6 is 45.8 Å². The molecule has 288 valence electrons. The molecule has 2 fully saturated rings. The van der Waals surface area contributed by atoms with Crippen LogP contribution in [-0.4, -0.2) is 70.9 Å². The van der Waals surface area contributed by atoms with Crippen LogP contribution in [0, 0.1) is 15.5 Å². The lowest BCUT2D eigenvalue weighted by Gasteiger charge is -2.42. The van der Waals surface area contributed by atoms with Gasteiger partial charge in [0.25, 0.3) is 0 Å². The molecular formula is C40H39Cl2F2IN6O4. The number of carbonyl (C=O) groups excluding carboxylic acids is 1. The average molecular weight is 904 g/mol. The number of fused-ring (bicyclic) bond motifs is 3. The molecule has 0 saturated carbocycles. The molecule has 0 aliphatic carbocycles. The normalized spacial score (nSPS) is 16.8. The summed E-state index contributed by atoms with van der Waals surface area (Å²) >= 11 is 15.9. The van der Waals surface area contributed by atoms with Crippen molar-refractivity contribution in [2.75, 3.05) is 37.1 Å². The van der Waals surface area contributed by atoms with Crippen LogP contribution in [0.25, 0.3) is 22.2 Å². The lowest BCUT2D eigenvalue weighted by Crippen LogP contribution is -2.56. The van der Waals surface area contributed by atoms with Gasteiger partial charge in [0.2, 0.25) is 0 Å². The average Bonchev–Trinajstić information content (AvgIpc) is 3.40. The fourth-order valence-corrected chi connectivity index (χ4v) is 8.24. The Balaban J connectivity index is 1.28. The first kappa shape index (κ1) is 39.0. The zero-order chi connectivity index (χ0) is 39.2. The molecule has 2 unspecified atom stereocenters. The predicted molar refractivity (Wildman–Crippen MR) is 218 cm³/mol. The number of carbonyl (C=O) groups is 1. The molecule has 7 rings (SSSR count). The second-order valence-electron chi connectivity index (χ2n) is 14.6. The molecule has 2 atom stereocenters. The summed E-state index contributed by atoms with van der Waals surface area (Å²) in [7, 11) is 3.22. The van der Waals surface area contributed by atoms with E-state index in [1.54, 1.807) is 31.3 Å². The third-order valence-electron chi connectivity index (χ3n) is 9.74. The van der Waals surface area contributed by atoms with Gasteiger partial charge in [-0.15, -0.1) is 0 Å². The topological polar surface area (TPSA) is 93.2 Å². The van der Waals surface area contributed by atoms with E-state index in [2.05, 4.69) is 9.97 Å². The maximum absolute atomic E-state index is 17.0. The molecule has 1 amide bonds. The van der Waals surface area contributed by atoms with Crippen molar-refractivity contribution in [2.45, 2.75) is 64.4 Å². The van der Waals surface area contributed by atoms with Crippen LogP contribution in [0.3, 0.4) is 0 Å². The van der Waals surface area contributed by atoms with Crippen molar-refractivity contribution in [3.05, 3.63) is 97.3 Å². The Bertz CT molecular complexity index is 2180. The SMILES string of the molecule is COc1ccc(CN(Cc2ccc(OC)cc2)c2cc(Cl)c(I)c(-c3c(Cl)cc4c(N5C6CCC5CN(C(=O)OC(C)(C)C)C6)nc(F)nc4c3F)n2)cc1. The van der Waals surface area contributed by atoms with Crippen molar-refractivity contribution < 1.29 is 27.8 Å². The number of anilines is 2. The molecule has 15 heteroatoms. The van der Waals surface area contributed by atoms with Crippen LogP contribution < -0.4 is 19.3 Å². The molecule has 4 heterocycles. The summed E-state index contributed by atoms with van der Waals surface area (Å²) < 4.78 is 49.2. The second kappa shape index (κ2) is 15.7. The number of halogens is 5. The first-order chi connectivity index (χ1) is 26.2. The van der Waals surface area contributed by atoms with E-state index in [-0.39, 0.29) is 45.1 Å². The number of rotatable bonds is 9. The first-order valence-corrected chi connectivity index (χ1v) is 19.5. The largest absolute Gasteiger partial charge is 0.497 e. The first-order valence-electron chi connectivity index (χ1n) is 17.7. The van der Waals surface area contributed by atoms with Crippen LogP contribution in [0.4, 0.5) is 25.2 Å². The Hall–Kier alpha value is -4.21. The zero-order valence-electron chi connectivity index (χ0n) is 30.9. The lowest BCUT2D eigenvalue weighted by atomic mass is 10.1. The fraction of sp³-hybridized carbons (Fsp3) is 0.350. The van der Waals surface area contributed by atoms with E-state index in [0.29, 0.717) is 40.6 Å². The smallest absolute Gasteiger partial charge is 0.410 e. The van der Waals surface area contributed by atoms with Crippen LogP contribution in [0.2, 0.25) is 10.0 Å². The van der Waals surface area contributed by atoms with Gasteiger partial charge in [-0.05, 0) is 97.7 Å². The quantitative estimate of drug-likeness (QED) is 0.106. The fourth-order valence-electron chi connectivity index (χ4n) is 7.23. The van der Waals surface area contributed by atoms with Crippen LogP contribution in [0.1, 0.15) is 44.7 Å². The monoisotopic (exact) mass is 902 g/mol. The molecule has 10 nitrogen and oxygen atoms in total. The van der Waals surface area contributed by atoms with Crippen molar-refractivity contribution >= 4 is 74.4 Å². The van der Waals surface area contributed by atoms with E-state index in [9.17, 15) is 4.79 Å². The summed E-state index contributed by atoms with van der Waals surface area (Å²) in [6.45, 7) is 7.02. The van der Waals surface area contributed by atoms with Gasteiger partial charge in [0, 0.05) is 49.7 Å². The van der Waals surface area contributed by atoms with Gasteiger partial charge in [-0.3, -0.25) is 0 Å². The van der Waals surface area contributed by atoms with Gasteiger partial charge in [-0.1, -0.05) is 47.5 Å². The number of pyridine rings is 1. The number of amides is 1. The Labute approximate surface area is 341 Å². The lowest BCUT2D eigenvalue weighted by molar-refractivity contribution is 0.0209. The maximum atomic E-state index is 17.0. The molecule has 2 aromatic heterocycles. The predicted octanol–water partition coefficient (Wildman–Crippen LogP) is 9.69. The van der Waals surface area contributed by atoms with Crippen molar-refractivity contribution in [3.8, 4) is 22.8 Å². The number of methoxy groups -OCH3 is 2. The van der Waals surface area contributed by atoms with E-state index in [1.807, 2.05) is 102 Å². The van der Waals surface area contributed by atoms with E-state index in [1.165, 1.54) is 0 Å². The summed E-state index contributed by atoms with van der Waals surface area (Å²) in [6, 6.07) is 18.3. The minimum absolute atomic E-state index is 0.0386. The van der Waals surface area contributed by atoms with Gasteiger partial charge in [0.1, 0.15) is 34.3 Å². The number of likely N-dealkylation sites (tertiary alicyclic amines) is 1. The molecule has 2 saturated heterocycles. The van der Waals surface area contributed by atoms with E-state index in [4.69, 9.17) is 42.4 Å². The number of benzene rings is 3. The highest BCUT2D eigenvalue weighted by Gasteiger charge is 2.44. The van der Waals surface area contributed by atoms with Gasteiger partial charge in [0.15, 0.2) is 5.82 Å². The third kappa shape index (κ3) is 8.20. The Morgan fingerprint density at radius 1 is 0.873 bits per heavy atom. The standard InChI is InChI=1S/C40H39Cl2F2IN6O4/c1-40(2,3)55-39(52)50-20-24-10-11-25(21-50)51(24)37-28-16-29(41)32(33(43)35(28)47-38(44)48-37)36-34(45)30(42)17-31(46-36)49(18-22-6-12-26(53-4)13-7-22)19-23-8-14-27(54-5)15-9-23/h6-9,12-17,24-25H,10-11,18-21H2,1-5H3. The Kier molecular flexibility index (Phi) is 11.2. The van der Waals surface area contributed by atoms with Gasteiger partial charge < -0.3 is 28.9 Å². The summed E-state index contributed by atoms with van der Waals surface area (Å²) in [5.74, 6) is 1.30. The molecule has 2 aliphatic rings. The highest BCUT2D eigenvalue weighted by atomic mass is 127. The highest BCUT2D eigenvalue weighted by molar-refractivity contribution is 14.1. The Morgan fingerprint density at radius 3 is 1.96 bits per heavy atom. The van der Waals surface area contributed by atoms with Gasteiger partial charge in [-0.2, -0.15) is 14.4 Å². The van der Waals surface area contributed by atoms with Gasteiger partial charge >= 0.3 is 12.2 Å². The summed E-state index contributed by atoms with van der Waals surface area (Å²) in [6.07, 6.45) is -0.00990. The van der Waals surface area contributed by atoms with Crippen molar-refractivity contribution in [2.24, 2.45) is 0 Å². The zero-order valence-corrected chi connectivity index (χ0v) is 34.5. The third-order valence-corrected chi connectivity index (χ3v) is 11.7. The molecule has 3 aromatic carbocycles. The van der Waals surface area contributed by atoms with E-state index in [0.717, 1.165) is 35.5 Å². The van der Waals surface area contributed by atoms with Crippen LogP contribution in [0.5, 0.6) is 11.5 Å². The van der Waals surface area contributed by atoms with E-state index < -0.39 is 23.6 Å². The number of aromatic nitrogens is 3.